The number of nitrogens with two attached hydrogens (primary N) is 1. The van der Waals surface area contributed by atoms with Crippen molar-refractivity contribution in [2.24, 2.45) is 5.73 Å². The van der Waals surface area contributed by atoms with Crippen LogP contribution in [0.2, 0.25) is 0 Å². The Labute approximate surface area is 357 Å². The molecule has 0 aromatic carbocycles. The second-order valence-corrected chi connectivity index (χ2v) is 16.1. The Morgan fingerprint density at radius 1 is 0.517 bits per heavy atom. The Hall–Kier alpha value is -2.93. The molecule has 0 heterocycles. The van der Waals surface area contributed by atoms with E-state index in [4.69, 9.17) is 10.5 Å². The third kappa shape index (κ3) is 41.2. The van der Waals surface area contributed by atoms with Crippen LogP contribution in [0.15, 0.2) is 60.8 Å². The van der Waals surface area contributed by atoms with Crippen LogP contribution in [0.4, 0.5) is 0 Å². The molecule has 0 aliphatic heterocycles. The third-order valence-electron chi connectivity index (χ3n) is 10.6. The van der Waals surface area contributed by atoms with Gasteiger partial charge in [0.05, 0.1) is 0 Å². The fourth-order valence-electron chi connectivity index (χ4n) is 6.97. The van der Waals surface area contributed by atoms with Gasteiger partial charge in [0.25, 0.3) is 0 Å². The molecule has 7 heteroatoms. The van der Waals surface area contributed by atoms with Gasteiger partial charge in [-0.2, -0.15) is 0 Å². The number of carbonyl (C=O) groups excluding carboxylic acids is 2. The van der Waals surface area contributed by atoms with E-state index in [1.807, 2.05) is 0 Å². The van der Waals surface area contributed by atoms with E-state index in [2.05, 4.69) is 79.9 Å². The number of rotatable bonds is 43. The zero-order chi connectivity index (χ0) is 42.4. The lowest BCUT2D eigenvalue weighted by molar-refractivity contribution is -0.150. The average molecular weight is 811 g/mol. The van der Waals surface area contributed by atoms with Crippen LogP contribution in [-0.4, -0.2) is 41.6 Å². The van der Waals surface area contributed by atoms with Crippen molar-refractivity contribution in [3.8, 4) is 0 Å². The first-order chi connectivity index (χ1) is 28.4. The topological polar surface area (TPSA) is 119 Å². The first-order valence-corrected chi connectivity index (χ1v) is 24.1. The molecule has 0 aliphatic rings. The van der Waals surface area contributed by atoms with E-state index < -0.39 is 12.0 Å². The van der Waals surface area contributed by atoms with Gasteiger partial charge in [-0.3, -0.25) is 9.59 Å². The van der Waals surface area contributed by atoms with Gasteiger partial charge >= 0.3 is 11.9 Å². The highest BCUT2D eigenvalue weighted by atomic mass is 16.5. The summed E-state index contributed by atoms with van der Waals surface area (Å²) in [6, 6.07) is -0.864. The molecule has 2 unspecified atom stereocenters. The average Bonchev–Trinajstić information content (AvgIpc) is 3.21. The molecule has 0 aromatic rings. The third-order valence-corrected chi connectivity index (χ3v) is 10.6. The minimum absolute atomic E-state index is 0.0305. The number of hydrogen-bond acceptors (Lipinski definition) is 5. The first kappa shape index (κ1) is 55.1. The SMILES string of the molecule is CC/C=C\C/C=C\C/C=C\C/C=C\CCCCC(CCCCCCCC(=O)NC(CCCN)C(=O)O)OC(=O)CCCCCCCCC/C=C\CCCCCCCC. The van der Waals surface area contributed by atoms with Crippen molar-refractivity contribution in [3.05, 3.63) is 60.8 Å². The molecule has 0 radical (unpaired) electrons. The lowest BCUT2D eigenvalue weighted by Gasteiger charge is -2.18. The Balaban J connectivity index is 4.40. The molecule has 2 atom stereocenters. The maximum atomic E-state index is 12.9. The quantitative estimate of drug-likeness (QED) is 0.0321. The van der Waals surface area contributed by atoms with Gasteiger partial charge in [0.1, 0.15) is 12.1 Å². The highest BCUT2D eigenvalue weighted by molar-refractivity contribution is 5.83. The molecule has 0 saturated heterocycles. The first-order valence-electron chi connectivity index (χ1n) is 24.1. The number of unbranched alkanes of at least 4 members (excludes halogenated alkanes) is 19. The van der Waals surface area contributed by atoms with Gasteiger partial charge in [-0.1, -0.05) is 158 Å². The van der Waals surface area contributed by atoms with Gasteiger partial charge in [-0.15, -0.1) is 0 Å². The molecule has 0 spiro atoms. The molecule has 0 rings (SSSR count). The lowest BCUT2D eigenvalue weighted by atomic mass is 10.0. The Kier molecular flexibility index (Phi) is 42.9. The molecule has 4 N–H and O–H groups in total. The van der Waals surface area contributed by atoms with Crippen molar-refractivity contribution >= 4 is 17.8 Å². The van der Waals surface area contributed by atoms with Crippen LogP contribution in [0.5, 0.6) is 0 Å². The molecule has 334 valence electrons. The van der Waals surface area contributed by atoms with Crippen molar-refractivity contribution in [1.29, 1.82) is 0 Å². The number of ether oxygens (including phenoxy) is 1. The number of carbonyl (C=O) groups is 3. The molecular weight excluding hydrogens is 721 g/mol. The summed E-state index contributed by atoms with van der Waals surface area (Å²) in [5.74, 6) is -1.27. The number of nitrogens with one attached hydrogen (secondary N) is 1. The molecule has 7 nitrogen and oxygen atoms in total. The smallest absolute Gasteiger partial charge is 0.326 e. The number of aliphatic carboxylic acids is 1. The largest absolute Gasteiger partial charge is 0.480 e. The fraction of sp³-hybridized carbons (Fsp3) is 0.745. The van der Waals surface area contributed by atoms with Crippen molar-refractivity contribution in [3.63, 3.8) is 0 Å². The van der Waals surface area contributed by atoms with Crippen LogP contribution < -0.4 is 11.1 Å². The summed E-state index contributed by atoms with van der Waals surface area (Å²) >= 11 is 0. The summed E-state index contributed by atoms with van der Waals surface area (Å²) in [5.41, 5.74) is 5.49. The zero-order valence-electron chi connectivity index (χ0n) is 37.6. The van der Waals surface area contributed by atoms with E-state index in [0.717, 1.165) is 103 Å². The minimum atomic E-state index is -1.01. The Morgan fingerprint density at radius 3 is 1.48 bits per heavy atom. The summed E-state index contributed by atoms with van der Waals surface area (Å²) in [7, 11) is 0. The van der Waals surface area contributed by atoms with Gasteiger partial charge in [0.2, 0.25) is 5.91 Å². The van der Waals surface area contributed by atoms with E-state index in [9.17, 15) is 19.5 Å². The maximum absolute atomic E-state index is 12.9. The number of hydrogen-bond donors (Lipinski definition) is 3. The molecule has 0 saturated carbocycles. The van der Waals surface area contributed by atoms with Gasteiger partial charge in [0, 0.05) is 12.8 Å². The molecule has 0 aliphatic carbocycles. The van der Waals surface area contributed by atoms with E-state index in [1.165, 1.54) is 83.5 Å². The molecule has 1 amide bonds. The molecular formula is C51H90N2O5. The van der Waals surface area contributed by atoms with Crippen molar-refractivity contribution in [2.75, 3.05) is 6.54 Å². The van der Waals surface area contributed by atoms with Crippen LogP contribution in [0.3, 0.4) is 0 Å². The second kappa shape index (κ2) is 45.2. The van der Waals surface area contributed by atoms with E-state index in [-0.39, 0.29) is 18.0 Å². The normalized spacial score (nSPS) is 13.2. The summed E-state index contributed by atoms with van der Waals surface area (Å²) in [6.45, 7) is 4.83. The van der Waals surface area contributed by atoms with Crippen LogP contribution in [-0.2, 0) is 19.1 Å². The van der Waals surface area contributed by atoms with E-state index in [1.54, 1.807) is 0 Å². The molecule has 0 aromatic heterocycles. The Morgan fingerprint density at radius 2 is 0.948 bits per heavy atom. The van der Waals surface area contributed by atoms with Crippen LogP contribution in [0.25, 0.3) is 0 Å². The van der Waals surface area contributed by atoms with E-state index in [0.29, 0.717) is 32.2 Å². The monoisotopic (exact) mass is 811 g/mol. The molecule has 0 bridgehead atoms. The standard InChI is InChI=1S/C51H90N2O5/c1-3-5-7-9-11-13-15-17-19-20-22-24-26-28-30-35-39-45-50(55)58-47(41-36-32-29-27-25-23-21-18-16-14-12-10-8-6-4-2)42-37-33-31-34-38-44-49(54)53-48(51(56)57)43-40-46-52/h6,8,12,14,17-19,21,25,27,47-48H,3-5,7,9-11,13,15-16,20,22-24,26,28-46,52H2,1-2H3,(H,53,54)(H,56,57)/b8-6-,14-12-,19-17-,21-18-,27-25-. The van der Waals surface area contributed by atoms with Crippen LogP contribution in [0, 0.1) is 0 Å². The summed E-state index contributed by atoms with van der Waals surface area (Å²) in [6.07, 6.45) is 57.0. The fourth-order valence-corrected chi connectivity index (χ4v) is 6.97. The predicted octanol–water partition coefficient (Wildman–Crippen LogP) is 14.1. The van der Waals surface area contributed by atoms with Gasteiger partial charge < -0.3 is 20.9 Å². The number of amides is 1. The minimum Gasteiger partial charge on any atom is -0.480 e. The summed E-state index contributed by atoms with van der Waals surface area (Å²) in [5, 5.41) is 12.0. The summed E-state index contributed by atoms with van der Waals surface area (Å²) < 4.78 is 6.05. The van der Waals surface area contributed by atoms with Crippen molar-refractivity contribution in [1.82, 2.24) is 5.32 Å². The van der Waals surface area contributed by atoms with E-state index >= 15 is 0 Å². The highest BCUT2D eigenvalue weighted by Gasteiger charge is 2.19. The van der Waals surface area contributed by atoms with Crippen molar-refractivity contribution < 1.29 is 24.2 Å². The Bertz CT molecular complexity index is 1090. The van der Waals surface area contributed by atoms with Gasteiger partial charge in [-0.05, 0) is 122 Å². The van der Waals surface area contributed by atoms with Gasteiger partial charge in [-0.25, -0.2) is 4.79 Å². The van der Waals surface area contributed by atoms with Gasteiger partial charge in [0.15, 0.2) is 0 Å². The number of carboxylic acids is 1. The zero-order valence-corrected chi connectivity index (χ0v) is 37.6. The van der Waals surface area contributed by atoms with Crippen LogP contribution in [0.1, 0.15) is 226 Å². The maximum Gasteiger partial charge on any atom is 0.326 e. The number of carboxylic acid groups (broad SMARTS) is 1. The van der Waals surface area contributed by atoms with Crippen molar-refractivity contribution in [2.45, 2.75) is 238 Å². The predicted molar refractivity (Wildman–Crippen MR) is 248 cm³/mol. The molecule has 0 fully saturated rings. The highest BCUT2D eigenvalue weighted by Crippen LogP contribution is 2.18. The summed E-state index contributed by atoms with van der Waals surface area (Å²) in [4.78, 5) is 36.5. The van der Waals surface area contributed by atoms with Crippen LogP contribution >= 0.6 is 0 Å². The number of esters is 1. The molecule has 58 heavy (non-hydrogen) atoms. The second-order valence-electron chi connectivity index (χ2n) is 16.1. The lowest BCUT2D eigenvalue weighted by Crippen LogP contribution is -2.40. The number of allylic oxidation sites excluding steroid dienone is 10.